The highest BCUT2D eigenvalue weighted by Gasteiger charge is 2.31. The minimum Gasteiger partial charge on any atom is -0.353 e. The van der Waals surface area contributed by atoms with Crippen molar-refractivity contribution in [1.29, 1.82) is 0 Å². The smallest absolute Gasteiger partial charge is 0.240 e. The van der Waals surface area contributed by atoms with E-state index in [1.807, 2.05) is 6.92 Å². The number of carbonyl (C=O) groups is 2. The van der Waals surface area contributed by atoms with Crippen molar-refractivity contribution in [3.63, 3.8) is 0 Å². The van der Waals surface area contributed by atoms with E-state index in [0.29, 0.717) is 19.0 Å². The topological polar surface area (TPSA) is 95.6 Å². The number of nitrogens with zero attached hydrogens (tertiary/aromatic N) is 1. The van der Waals surface area contributed by atoms with Crippen LogP contribution in [0, 0.1) is 11.8 Å². The molecule has 0 bridgehead atoms. The number of carbonyl (C=O) groups excluding carboxylic acids is 2. The van der Waals surface area contributed by atoms with Gasteiger partial charge in [0.15, 0.2) is 0 Å². The first-order chi connectivity index (χ1) is 15.7. The Morgan fingerprint density at radius 1 is 1.03 bits per heavy atom. The molecule has 3 aliphatic rings. The number of hydrogen-bond acceptors (Lipinski definition) is 4. The average molecular weight is 476 g/mol. The maximum atomic E-state index is 12.9. The van der Waals surface area contributed by atoms with Crippen LogP contribution < -0.4 is 14.9 Å². The number of amides is 2. The minimum atomic E-state index is -3.62. The van der Waals surface area contributed by atoms with Crippen LogP contribution in [0.3, 0.4) is 0 Å². The van der Waals surface area contributed by atoms with E-state index >= 15 is 0 Å². The molecule has 2 saturated carbocycles. The van der Waals surface area contributed by atoms with Gasteiger partial charge in [-0.2, -0.15) is 0 Å². The van der Waals surface area contributed by atoms with Gasteiger partial charge in [-0.3, -0.25) is 9.59 Å². The van der Waals surface area contributed by atoms with Crippen LogP contribution in [0.2, 0.25) is 0 Å². The van der Waals surface area contributed by atoms with E-state index in [2.05, 4.69) is 10.0 Å². The third kappa shape index (κ3) is 5.60. The summed E-state index contributed by atoms with van der Waals surface area (Å²) in [4.78, 5) is 26.5. The first-order valence-electron chi connectivity index (χ1n) is 12.5. The van der Waals surface area contributed by atoms with Crippen LogP contribution in [-0.2, 0) is 26.0 Å². The molecule has 2 aliphatic carbocycles. The molecule has 1 heterocycles. The van der Waals surface area contributed by atoms with Gasteiger partial charge in [-0.1, -0.05) is 19.3 Å². The van der Waals surface area contributed by atoms with E-state index in [9.17, 15) is 18.0 Å². The molecule has 2 amide bonds. The molecule has 0 spiro atoms. The van der Waals surface area contributed by atoms with Gasteiger partial charge in [-0.15, -0.1) is 0 Å². The molecule has 4 rings (SSSR count). The largest absolute Gasteiger partial charge is 0.353 e. The zero-order valence-electron chi connectivity index (χ0n) is 19.8. The van der Waals surface area contributed by atoms with Crippen molar-refractivity contribution in [2.24, 2.45) is 11.8 Å². The van der Waals surface area contributed by atoms with Gasteiger partial charge >= 0.3 is 0 Å². The standard InChI is InChI=1S/C25H37N3O4S/c1-17-14-21-15-23(12-13-24(21)28(17)18(2)29)33(31,32)26-16-19-8-10-20(11-9-19)25(30)27-22-6-4-3-5-7-22/h12-13,15,17,19-20,22,26H,3-11,14,16H2,1-2H3,(H,27,30)/t17-,19?,20?/m0/s1. The van der Waals surface area contributed by atoms with E-state index < -0.39 is 10.0 Å². The second kappa shape index (κ2) is 10.1. The first kappa shape index (κ1) is 24.2. The van der Waals surface area contributed by atoms with Crippen LogP contribution in [0.5, 0.6) is 0 Å². The van der Waals surface area contributed by atoms with Crippen molar-refractivity contribution in [3.8, 4) is 0 Å². The summed E-state index contributed by atoms with van der Waals surface area (Å²) in [5.74, 6) is 0.467. The normalized spacial score (nSPS) is 26.1. The molecule has 1 aromatic carbocycles. The van der Waals surface area contributed by atoms with Crippen molar-refractivity contribution in [1.82, 2.24) is 10.0 Å². The molecule has 1 aromatic rings. The number of anilines is 1. The van der Waals surface area contributed by atoms with E-state index in [1.165, 1.54) is 26.2 Å². The number of rotatable bonds is 6. The molecule has 1 atom stereocenters. The Labute approximate surface area is 197 Å². The predicted octanol–water partition coefficient (Wildman–Crippen LogP) is 3.52. The van der Waals surface area contributed by atoms with Gasteiger partial charge in [-0.05, 0) is 81.5 Å². The van der Waals surface area contributed by atoms with Crippen LogP contribution in [0.15, 0.2) is 23.1 Å². The lowest BCUT2D eigenvalue weighted by Crippen LogP contribution is -2.41. The van der Waals surface area contributed by atoms with Gasteiger partial charge in [-0.25, -0.2) is 13.1 Å². The van der Waals surface area contributed by atoms with Crippen LogP contribution in [0.25, 0.3) is 0 Å². The van der Waals surface area contributed by atoms with Crippen molar-refractivity contribution < 1.29 is 18.0 Å². The highest BCUT2D eigenvalue weighted by Crippen LogP contribution is 2.34. The fraction of sp³-hybridized carbons (Fsp3) is 0.680. The summed E-state index contributed by atoms with van der Waals surface area (Å²) in [6.07, 6.45) is 9.90. The molecule has 33 heavy (non-hydrogen) atoms. The van der Waals surface area contributed by atoms with Crippen LogP contribution in [0.1, 0.15) is 77.2 Å². The van der Waals surface area contributed by atoms with Gasteiger partial charge in [0.1, 0.15) is 0 Å². The Morgan fingerprint density at radius 3 is 2.39 bits per heavy atom. The second-order valence-corrected chi connectivity index (χ2v) is 11.9. The molecule has 7 nitrogen and oxygen atoms in total. The van der Waals surface area contributed by atoms with Gasteiger partial charge in [0.25, 0.3) is 0 Å². The molecule has 0 aromatic heterocycles. The highest BCUT2D eigenvalue weighted by molar-refractivity contribution is 7.89. The fourth-order valence-electron chi connectivity index (χ4n) is 5.76. The molecule has 182 valence electrons. The van der Waals surface area contributed by atoms with Gasteiger partial charge in [0, 0.05) is 37.2 Å². The summed E-state index contributed by atoms with van der Waals surface area (Å²) < 4.78 is 28.6. The second-order valence-electron chi connectivity index (χ2n) is 10.1. The van der Waals surface area contributed by atoms with Gasteiger partial charge in [0.2, 0.25) is 21.8 Å². The molecule has 1 aliphatic heterocycles. The summed E-state index contributed by atoms with van der Waals surface area (Å²) in [6.45, 7) is 3.90. The summed E-state index contributed by atoms with van der Waals surface area (Å²) in [5.41, 5.74) is 1.70. The predicted molar refractivity (Wildman–Crippen MR) is 128 cm³/mol. The van der Waals surface area contributed by atoms with Gasteiger partial charge < -0.3 is 10.2 Å². The quantitative estimate of drug-likeness (QED) is 0.658. The fourth-order valence-corrected chi connectivity index (χ4v) is 6.93. The zero-order chi connectivity index (χ0) is 23.6. The van der Waals surface area contributed by atoms with Crippen molar-refractivity contribution in [2.45, 2.75) is 95.0 Å². The number of fused-ring (bicyclic) bond motifs is 1. The van der Waals surface area contributed by atoms with E-state index in [0.717, 1.165) is 49.8 Å². The third-order valence-electron chi connectivity index (χ3n) is 7.65. The lowest BCUT2D eigenvalue weighted by Gasteiger charge is -2.30. The lowest BCUT2D eigenvalue weighted by molar-refractivity contribution is -0.127. The third-order valence-corrected chi connectivity index (χ3v) is 9.07. The van der Waals surface area contributed by atoms with E-state index in [-0.39, 0.29) is 34.6 Å². The Balaban J connectivity index is 1.28. The Kier molecular flexibility index (Phi) is 7.43. The summed E-state index contributed by atoms with van der Waals surface area (Å²) in [5, 5.41) is 3.24. The molecule has 0 saturated heterocycles. The summed E-state index contributed by atoms with van der Waals surface area (Å²) in [7, 11) is -3.62. The number of sulfonamides is 1. The maximum absolute atomic E-state index is 12.9. The lowest BCUT2D eigenvalue weighted by atomic mass is 9.81. The number of benzene rings is 1. The van der Waals surface area contributed by atoms with Crippen LogP contribution in [-0.4, -0.2) is 38.9 Å². The summed E-state index contributed by atoms with van der Waals surface area (Å²) in [6, 6.07) is 5.40. The van der Waals surface area contributed by atoms with Crippen molar-refractivity contribution in [2.75, 3.05) is 11.4 Å². The molecule has 8 heteroatoms. The van der Waals surface area contributed by atoms with Crippen LogP contribution in [0.4, 0.5) is 5.69 Å². The zero-order valence-corrected chi connectivity index (χ0v) is 20.6. The minimum absolute atomic E-state index is 0.0296. The van der Waals surface area contributed by atoms with Crippen molar-refractivity contribution in [3.05, 3.63) is 23.8 Å². The highest BCUT2D eigenvalue weighted by atomic mass is 32.2. The van der Waals surface area contributed by atoms with E-state index in [4.69, 9.17) is 0 Å². The first-order valence-corrected chi connectivity index (χ1v) is 14.0. The number of nitrogens with one attached hydrogen (secondary N) is 2. The Bertz CT molecular complexity index is 979. The molecule has 0 radical (unpaired) electrons. The van der Waals surface area contributed by atoms with Gasteiger partial charge in [0.05, 0.1) is 4.90 Å². The number of hydrogen-bond donors (Lipinski definition) is 2. The molecule has 2 fully saturated rings. The Hall–Kier alpha value is -1.93. The maximum Gasteiger partial charge on any atom is 0.240 e. The Morgan fingerprint density at radius 2 is 1.73 bits per heavy atom. The molecular weight excluding hydrogens is 438 g/mol. The molecular formula is C25H37N3O4S. The average Bonchev–Trinajstić information content (AvgIpc) is 3.14. The van der Waals surface area contributed by atoms with E-state index in [1.54, 1.807) is 23.1 Å². The summed E-state index contributed by atoms with van der Waals surface area (Å²) >= 11 is 0. The molecule has 2 N–H and O–H groups in total. The van der Waals surface area contributed by atoms with Crippen LogP contribution >= 0.6 is 0 Å². The molecule has 0 unspecified atom stereocenters. The van der Waals surface area contributed by atoms with Crippen molar-refractivity contribution >= 4 is 27.5 Å². The SMILES string of the molecule is CC(=O)N1c2ccc(S(=O)(=O)NCC3CCC(C(=O)NC4CCCCC4)CC3)cc2C[C@@H]1C. The monoisotopic (exact) mass is 475 g/mol.